The highest BCUT2D eigenvalue weighted by Gasteiger charge is 2.34. The Kier molecular flexibility index (Phi) is 18.9. The van der Waals surface area contributed by atoms with Crippen molar-refractivity contribution in [3.8, 4) is 30.6 Å². The summed E-state index contributed by atoms with van der Waals surface area (Å²) >= 11 is 10.8. The molecule has 0 atom stereocenters. The van der Waals surface area contributed by atoms with E-state index in [9.17, 15) is 4.79 Å². The van der Waals surface area contributed by atoms with Gasteiger partial charge in [0.15, 0.2) is 5.82 Å². The molecule has 6 aromatic heterocycles. The first-order valence-electron chi connectivity index (χ1n) is 26.0. The number of ether oxygens (including phenoxy) is 1. The Morgan fingerprint density at radius 3 is 1.60 bits per heavy atom. The van der Waals surface area contributed by atoms with Crippen LogP contribution in [0.25, 0.3) is 60.9 Å². The number of carbonyl (C=O) groups is 1. The summed E-state index contributed by atoms with van der Waals surface area (Å²) in [5.74, 6) is -0.930. The van der Waals surface area contributed by atoms with E-state index in [0.717, 1.165) is 57.9 Å². The topological polar surface area (TPSA) is 26.3 Å². The third-order valence-electron chi connectivity index (χ3n) is 13.7. The maximum Gasteiger partial charge on any atom is 0.351 e. The van der Waals surface area contributed by atoms with E-state index >= 15 is 4.39 Å². The Labute approximate surface area is 426 Å². The maximum atomic E-state index is 17.0. The molecule has 0 radical (unpaired) electrons. The molecule has 7 aromatic rings. The second kappa shape index (κ2) is 24.1. The molecule has 0 saturated carbocycles. The van der Waals surface area contributed by atoms with Crippen LogP contribution in [0, 0.1) is 5.82 Å². The fraction of sp³-hybridized carbons (Fsp3) is 0.569. The molecule has 0 saturated heterocycles. The first-order valence-corrected chi connectivity index (χ1v) is 30.8. The van der Waals surface area contributed by atoms with Gasteiger partial charge in [-0.3, -0.25) is 0 Å². The van der Waals surface area contributed by atoms with Crippen LogP contribution in [-0.2, 0) is 28.4 Å². The molecule has 0 bridgehead atoms. The minimum Gasteiger partial charge on any atom is -0.461 e. The number of unbranched alkanes of at least 4 members (excludes halogenated alkanes) is 15. The van der Waals surface area contributed by atoms with E-state index in [0.29, 0.717) is 12.0 Å². The van der Waals surface area contributed by atoms with E-state index in [2.05, 4.69) is 98.7 Å². The van der Waals surface area contributed by atoms with Crippen LogP contribution in [0.4, 0.5) is 4.39 Å². The Hall–Kier alpha value is -2.40. The van der Waals surface area contributed by atoms with E-state index in [1.54, 1.807) is 11.3 Å². The van der Waals surface area contributed by atoms with E-state index in [4.69, 9.17) is 4.74 Å². The van der Waals surface area contributed by atoms with Crippen molar-refractivity contribution in [1.82, 2.24) is 0 Å². The third-order valence-corrected chi connectivity index (χ3v) is 21.8. The zero-order valence-electron chi connectivity index (χ0n) is 42.2. The van der Waals surface area contributed by atoms with Gasteiger partial charge in [0.1, 0.15) is 4.88 Å². The summed E-state index contributed by atoms with van der Waals surface area (Å²) in [7, 11) is 0. The van der Waals surface area contributed by atoms with Gasteiger partial charge in [0.25, 0.3) is 0 Å². The van der Waals surface area contributed by atoms with Gasteiger partial charge in [0.2, 0.25) is 0 Å². The van der Waals surface area contributed by atoms with E-state index < -0.39 is 11.8 Å². The standard InChI is InChI=1S/C58H77FO2S6/c1-10-14-17-20-23-26-29-38-31-33-42(62-38)46-40-36-44(52-53-48(55(67-52)58(8,9)13-4)49(59)54(66-53)56(60)61-35-28-25-22-19-16-12-3)64-50(40)47(41-37-45(57(5,6)7)65-51(41)46)43-34-32-39(63-43)30-27-24-21-18-15-11-2/h31-34,36-37H,10-30,35H2,1-9H3. The van der Waals surface area contributed by atoms with Gasteiger partial charge in [0.05, 0.1) is 16.2 Å². The number of esters is 1. The van der Waals surface area contributed by atoms with Crippen LogP contribution in [0.1, 0.15) is 213 Å². The van der Waals surface area contributed by atoms with Crippen molar-refractivity contribution in [2.45, 2.75) is 208 Å². The number of hydrogen-bond donors (Lipinski definition) is 0. The van der Waals surface area contributed by atoms with Gasteiger partial charge in [-0.05, 0) is 85.8 Å². The molecule has 0 unspecified atom stereocenters. The molecule has 0 spiro atoms. The molecule has 364 valence electrons. The predicted octanol–water partition coefficient (Wildman–Crippen LogP) is 22.0. The quantitative estimate of drug-likeness (QED) is 0.0379. The van der Waals surface area contributed by atoms with Crippen molar-refractivity contribution in [2.75, 3.05) is 6.61 Å². The summed E-state index contributed by atoms with van der Waals surface area (Å²) < 4.78 is 26.3. The van der Waals surface area contributed by atoms with Gasteiger partial charge in [-0.2, -0.15) is 0 Å². The molecular formula is C58H77FO2S6. The lowest BCUT2D eigenvalue weighted by Crippen LogP contribution is -2.14. The van der Waals surface area contributed by atoms with Crippen LogP contribution < -0.4 is 0 Å². The van der Waals surface area contributed by atoms with Gasteiger partial charge in [-0.1, -0.05) is 159 Å². The summed E-state index contributed by atoms with van der Waals surface area (Å²) in [4.78, 5) is 24.1. The van der Waals surface area contributed by atoms with Crippen molar-refractivity contribution in [3.63, 3.8) is 0 Å². The number of thiophene rings is 6. The van der Waals surface area contributed by atoms with Crippen molar-refractivity contribution in [1.29, 1.82) is 0 Å². The molecule has 0 N–H and O–H groups in total. The highest BCUT2D eigenvalue weighted by Crippen LogP contribution is 2.57. The molecule has 0 fully saturated rings. The highest BCUT2D eigenvalue weighted by molar-refractivity contribution is 7.32. The van der Waals surface area contributed by atoms with E-state index in [1.165, 1.54) is 163 Å². The van der Waals surface area contributed by atoms with Gasteiger partial charge >= 0.3 is 5.97 Å². The zero-order chi connectivity index (χ0) is 47.7. The van der Waals surface area contributed by atoms with E-state index in [1.807, 2.05) is 45.3 Å². The molecule has 67 heavy (non-hydrogen) atoms. The molecule has 0 aliphatic heterocycles. The summed E-state index contributed by atoms with van der Waals surface area (Å²) in [6.07, 6.45) is 25.3. The zero-order valence-corrected chi connectivity index (χ0v) is 47.1. The minimum absolute atomic E-state index is 0.00930. The lowest BCUT2D eigenvalue weighted by molar-refractivity contribution is 0.0499. The molecule has 1 aromatic carbocycles. The number of benzene rings is 1. The van der Waals surface area contributed by atoms with Crippen LogP contribution in [0.3, 0.4) is 0 Å². The number of rotatable bonds is 27. The average Bonchev–Trinajstić information content (AvgIpc) is 4.17. The monoisotopic (exact) mass is 1020 g/mol. The Balaban J connectivity index is 1.37. The number of halogens is 1. The molecular weight excluding hydrogens is 940 g/mol. The number of fused-ring (bicyclic) bond motifs is 3. The Bertz CT molecular complexity index is 2570. The normalized spacial score (nSPS) is 12.5. The summed E-state index contributed by atoms with van der Waals surface area (Å²) in [5, 5.41) is 3.26. The summed E-state index contributed by atoms with van der Waals surface area (Å²) in [6.45, 7) is 20.8. The molecule has 0 amide bonds. The van der Waals surface area contributed by atoms with Gasteiger partial charge < -0.3 is 4.74 Å². The summed E-state index contributed by atoms with van der Waals surface area (Å²) in [5.41, 5.74) is 2.43. The molecule has 9 heteroatoms. The van der Waals surface area contributed by atoms with Gasteiger partial charge in [-0.25, -0.2) is 9.18 Å². The summed E-state index contributed by atoms with van der Waals surface area (Å²) in [6, 6.07) is 14.5. The largest absolute Gasteiger partial charge is 0.461 e. The fourth-order valence-electron chi connectivity index (χ4n) is 9.21. The predicted molar refractivity (Wildman–Crippen MR) is 302 cm³/mol. The molecule has 0 aliphatic rings. The van der Waals surface area contributed by atoms with Gasteiger partial charge in [-0.15, -0.1) is 68.0 Å². The lowest BCUT2D eigenvalue weighted by atomic mass is 9.87. The highest BCUT2D eigenvalue weighted by atomic mass is 32.1. The SMILES string of the molecule is CCCCCCCCOC(=O)c1sc2c(-c3cc4c(-c5ccc(CCCCCCCC)s5)c5sc(C(C)(C)C)cc5c(-c5ccc(CCCCCCCC)s5)c4s3)sc(C(C)(C)CC)c2c1F. The molecule has 7 rings (SSSR count). The average molecular weight is 1020 g/mol. The van der Waals surface area contributed by atoms with E-state index in [-0.39, 0.29) is 15.7 Å². The first kappa shape index (κ1) is 52.4. The second-order valence-corrected chi connectivity index (χ2v) is 27.1. The Morgan fingerprint density at radius 1 is 0.552 bits per heavy atom. The first-order chi connectivity index (χ1) is 32.3. The number of aryl methyl sites for hydroxylation is 2. The number of carbonyl (C=O) groups excluding carboxylic acids is 1. The third kappa shape index (κ3) is 12.4. The van der Waals surface area contributed by atoms with Crippen LogP contribution in [0.2, 0.25) is 0 Å². The van der Waals surface area contributed by atoms with Crippen LogP contribution in [-0.4, -0.2) is 12.6 Å². The van der Waals surface area contributed by atoms with Crippen molar-refractivity contribution < 1.29 is 13.9 Å². The molecule has 0 aliphatic carbocycles. The molecule has 6 heterocycles. The van der Waals surface area contributed by atoms with Crippen molar-refractivity contribution in [2.24, 2.45) is 0 Å². The second-order valence-electron chi connectivity index (χ2n) is 20.6. The van der Waals surface area contributed by atoms with Crippen LogP contribution in [0.5, 0.6) is 0 Å². The van der Waals surface area contributed by atoms with Crippen molar-refractivity contribution >= 4 is 104 Å². The lowest BCUT2D eigenvalue weighted by Gasteiger charge is -2.21. The molecule has 2 nitrogen and oxygen atoms in total. The van der Waals surface area contributed by atoms with Crippen LogP contribution in [0.15, 0.2) is 36.4 Å². The smallest absolute Gasteiger partial charge is 0.351 e. The minimum atomic E-state index is -0.525. The Morgan fingerprint density at radius 2 is 1.06 bits per heavy atom. The van der Waals surface area contributed by atoms with Gasteiger partial charge in [0, 0.05) is 70.8 Å². The van der Waals surface area contributed by atoms with Crippen molar-refractivity contribution in [3.05, 3.63) is 66.6 Å². The van der Waals surface area contributed by atoms with Crippen LogP contribution >= 0.6 is 68.0 Å². The number of hydrogen-bond acceptors (Lipinski definition) is 8. The maximum absolute atomic E-state index is 17.0. The fourth-order valence-corrected chi connectivity index (χ4v) is 17.0.